The van der Waals surface area contributed by atoms with Gasteiger partial charge in [0.2, 0.25) is 0 Å². The van der Waals surface area contributed by atoms with Gasteiger partial charge in [0.15, 0.2) is 0 Å². The Balaban J connectivity index is 1.16. The van der Waals surface area contributed by atoms with Crippen molar-refractivity contribution in [2.24, 2.45) is 0 Å². The minimum atomic E-state index is -0.523. The van der Waals surface area contributed by atoms with Crippen molar-refractivity contribution in [2.75, 3.05) is 45.3 Å². The molecule has 0 aliphatic carbocycles. The van der Waals surface area contributed by atoms with E-state index < -0.39 is 5.60 Å². The highest BCUT2D eigenvalue weighted by Gasteiger charge is 2.34. The van der Waals surface area contributed by atoms with Crippen LogP contribution >= 0.6 is 0 Å². The first-order valence-corrected chi connectivity index (χ1v) is 16.3. The van der Waals surface area contributed by atoms with Crippen LogP contribution in [0, 0.1) is 0 Å². The van der Waals surface area contributed by atoms with E-state index in [1.807, 2.05) is 49.9 Å². The molecule has 8 nitrogen and oxygen atoms in total. The van der Waals surface area contributed by atoms with E-state index in [9.17, 15) is 4.79 Å². The second kappa shape index (κ2) is 15.5. The highest BCUT2D eigenvalue weighted by Crippen LogP contribution is 2.31. The molecule has 1 amide bonds. The highest BCUT2D eigenvalue weighted by molar-refractivity contribution is 5.68. The van der Waals surface area contributed by atoms with E-state index in [1.54, 1.807) is 7.11 Å². The molecular weight excluding hydrogens is 566 g/mol. The molecule has 2 N–H and O–H groups in total. The van der Waals surface area contributed by atoms with E-state index in [1.165, 1.54) is 28.8 Å². The van der Waals surface area contributed by atoms with Crippen molar-refractivity contribution >= 4 is 11.8 Å². The van der Waals surface area contributed by atoms with E-state index in [0.717, 1.165) is 49.4 Å². The maximum Gasteiger partial charge on any atom is 0.410 e. The summed E-state index contributed by atoms with van der Waals surface area (Å²) in [6.45, 7) is 10.5. The van der Waals surface area contributed by atoms with Crippen molar-refractivity contribution < 1.29 is 23.7 Å². The van der Waals surface area contributed by atoms with Gasteiger partial charge in [0, 0.05) is 55.8 Å². The molecule has 0 spiro atoms. The molecule has 1 fully saturated rings. The van der Waals surface area contributed by atoms with Crippen LogP contribution in [0.2, 0.25) is 0 Å². The fourth-order valence-corrected chi connectivity index (χ4v) is 6.08. The van der Waals surface area contributed by atoms with Crippen molar-refractivity contribution in [2.45, 2.75) is 77.2 Å². The van der Waals surface area contributed by atoms with Gasteiger partial charge in [-0.3, -0.25) is 0 Å². The van der Waals surface area contributed by atoms with E-state index in [0.29, 0.717) is 32.9 Å². The number of benzene rings is 3. The molecule has 45 heavy (non-hydrogen) atoms. The van der Waals surface area contributed by atoms with Crippen LogP contribution in [0.4, 0.5) is 10.5 Å². The number of ether oxygens (including phenoxy) is 4. The summed E-state index contributed by atoms with van der Waals surface area (Å²) >= 11 is 0. The molecule has 2 aliphatic heterocycles. The third-order valence-corrected chi connectivity index (χ3v) is 8.41. The summed E-state index contributed by atoms with van der Waals surface area (Å²) in [5.74, 6) is 1.95. The molecule has 0 aromatic heterocycles. The number of anilines is 1. The van der Waals surface area contributed by atoms with Gasteiger partial charge in [-0.05, 0) is 81.0 Å². The van der Waals surface area contributed by atoms with Gasteiger partial charge in [-0.25, -0.2) is 4.79 Å². The monoisotopic (exact) mass is 615 g/mol. The minimum absolute atomic E-state index is 0.0856. The summed E-state index contributed by atoms with van der Waals surface area (Å²) in [6, 6.07) is 23.2. The van der Waals surface area contributed by atoms with E-state index in [-0.39, 0.29) is 18.1 Å². The molecule has 2 atom stereocenters. The number of carbonyl (C=O) groups is 1. The van der Waals surface area contributed by atoms with Crippen molar-refractivity contribution in [3.05, 3.63) is 89.0 Å². The lowest BCUT2D eigenvalue weighted by atomic mass is 9.85. The lowest BCUT2D eigenvalue weighted by Crippen LogP contribution is -2.52. The summed E-state index contributed by atoms with van der Waals surface area (Å²) in [7, 11) is 1.68. The number of piperidine rings is 1. The molecule has 2 heterocycles. The number of methoxy groups -OCH3 is 1. The lowest BCUT2D eigenvalue weighted by molar-refractivity contribution is 0.0170. The Morgan fingerprint density at radius 2 is 1.87 bits per heavy atom. The van der Waals surface area contributed by atoms with Gasteiger partial charge >= 0.3 is 6.09 Å². The van der Waals surface area contributed by atoms with Gasteiger partial charge in [-0.2, -0.15) is 0 Å². The zero-order valence-corrected chi connectivity index (χ0v) is 27.3. The molecule has 1 unspecified atom stereocenters. The average Bonchev–Trinajstić information content (AvgIpc) is 3.05. The predicted octanol–water partition coefficient (Wildman–Crippen LogP) is 6.92. The maximum absolute atomic E-state index is 13.0. The predicted molar refractivity (Wildman–Crippen MR) is 178 cm³/mol. The zero-order valence-electron chi connectivity index (χ0n) is 27.3. The molecule has 2 aliphatic rings. The Morgan fingerprint density at radius 3 is 2.67 bits per heavy atom. The van der Waals surface area contributed by atoms with Crippen LogP contribution in [0.3, 0.4) is 0 Å². The quantitative estimate of drug-likeness (QED) is 0.214. The molecule has 5 rings (SSSR count). The Hall–Kier alpha value is -3.75. The third kappa shape index (κ3) is 9.38. The molecular formula is C37H49N3O5. The lowest BCUT2D eigenvalue weighted by Gasteiger charge is -2.40. The van der Waals surface area contributed by atoms with Crippen LogP contribution in [0.15, 0.2) is 66.7 Å². The fourth-order valence-electron chi connectivity index (χ4n) is 6.08. The SMILES string of the molecule is COc1ccccc1COCCCOc1ccc(C2CCN(C(=O)OC(C)(C)C)C[C@@H]2NCc2ccc3c(c2)NCCC3)cc1. The van der Waals surface area contributed by atoms with Crippen LogP contribution in [0.1, 0.15) is 68.2 Å². The van der Waals surface area contributed by atoms with Gasteiger partial charge in [-0.1, -0.05) is 42.5 Å². The van der Waals surface area contributed by atoms with Gasteiger partial charge < -0.3 is 34.5 Å². The number of fused-ring (bicyclic) bond motifs is 1. The summed E-state index contributed by atoms with van der Waals surface area (Å²) < 4.78 is 23.0. The number of nitrogens with zero attached hydrogens (tertiary/aromatic N) is 1. The minimum Gasteiger partial charge on any atom is -0.496 e. The first kappa shape index (κ1) is 32.6. The molecule has 0 bridgehead atoms. The Kier molecular flexibility index (Phi) is 11.2. The van der Waals surface area contributed by atoms with Crippen molar-refractivity contribution in [1.29, 1.82) is 0 Å². The number of hydrogen-bond acceptors (Lipinski definition) is 7. The Bertz CT molecular complexity index is 1390. The summed E-state index contributed by atoms with van der Waals surface area (Å²) in [6.07, 6.45) is 3.71. The number of carbonyl (C=O) groups excluding carboxylic acids is 1. The fraction of sp³-hybridized carbons (Fsp3) is 0.486. The van der Waals surface area contributed by atoms with Gasteiger partial charge in [0.1, 0.15) is 17.1 Å². The third-order valence-electron chi connectivity index (χ3n) is 8.41. The van der Waals surface area contributed by atoms with E-state index in [4.69, 9.17) is 18.9 Å². The first-order chi connectivity index (χ1) is 21.8. The first-order valence-electron chi connectivity index (χ1n) is 16.3. The normalized spacial score (nSPS) is 18.1. The molecule has 0 radical (unpaired) electrons. The molecule has 1 saturated heterocycles. The number of para-hydroxylation sites is 1. The second-order valence-corrected chi connectivity index (χ2v) is 13.0. The molecule has 0 saturated carbocycles. The second-order valence-electron chi connectivity index (χ2n) is 13.0. The van der Waals surface area contributed by atoms with Gasteiger partial charge in [0.25, 0.3) is 0 Å². The van der Waals surface area contributed by atoms with Crippen molar-refractivity contribution in [3.8, 4) is 11.5 Å². The Labute approximate surface area is 268 Å². The molecule has 242 valence electrons. The van der Waals surface area contributed by atoms with E-state index >= 15 is 0 Å². The number of aryl methyl sites for hydroxylation is 1. The zero-order chi connectivity index (χ0) is 31.6. The van der Waals surface area contributed by atoms with Crippen molar-refractivity contribution in [3.63, 3.8) is 0 Å². The van der Waals surface area contributed by atoms with Crippen LogP contribution < -0.4 is 20.1 Å². The van der Waals surface area contributed by atoms with Gasteiger partial charge in [0.05, 0.1) is 26.9 Å². The van der Waals surface area contributed by atoms with Crippen LogP contribution in [0.25, 0.3) is 0 Å². The van der Waals surface area contributed by atoms with Crippen LogP contribution in [-0.4, -0.2) is 62.6 Å². The number of likely N-dealkylation sites (tertiary alicyclic amines) is 1. The largest absolute Gasteiger partial charge is 0.496 e. The number of hydrogen-bond donors (Lipinski definition) is 2. The summed E-state index contributed by atoms with van der Waals surface area (Å²) in [5.41, 5.74) is 5.64. The van der Waals surface area contributed by atoms with Crippen LogP contribution in [0.5, 0.6) is 11.5 Å². The number of nitrogens with one attached hydrogen (secondary N) is 2. The van der Waals surface area contributed by atoms with Crippen molar-refractivity contribution in [1.82, 2.24) is 10.2 Å². The molecule has 3 aromatic rings. The molecule has 8 heteroatoms. The number of amides is 1. The van der Waals surface area contributed by atoms with Crippen LogP contribution in [-0.2, 0) is 29.0 Å². The average molecular weight is 616 g/mol. The van der Waals surface area contributed by atoms with Gasteiger partial charge in [-0.15, -0.1) is 0 Å². The Morgan fingerprint density at radius 1 is 1.04 bits per heavy atom. The molecule has 3 aromatic carbocycles. The number of rotatable bonds is 12. The summed E-state index contributed by atoms with van der Waals surface area (Å²) in [5, 5.41) is 7.34. The maximum atomic E-state index is 13.0. The topological polar surface area (TPSA) is 81.3 Å². The smallest absolute Gasteiger partial charge is 0.410 e. The standard InChI is InChI=1S/C37H49N3O5/c1-37(2,3)45-36(41)40-20-18-32(34(25-40)39-24-27-12-13-29-10-7-19-38-33(29)23-27)28-14-16-31(17-15-28)44-22-8-21-43-26-30-9-5-6-11-35(30)42-4/h5-6,9,11-17,23,32,34,38-39H,7-8,10,18-22,24-26H2,1-4H3/t32?,34-/m0/s1. The summed E-state index contributed by atoms with van der Waals surface area (Å²) in [4.78, 5) is 14.8. The highest BCUT2D eigenvalue weighted by atomic mass is 16.6. The van der Waals surface area contributed by atoms with E-state index in [2.05, 4.69) is 53.1 Å².